The van der Waals surface area contributed by atoms with E-state index in [4.69, 9.17) is 10.2 Å². The number of fused-ring (bicyclic) bond motifs is 1. The summed E-state index contributed by atoms with van der Waals surface area (Å²) in [6.45, 7) is 0. The molecule has 3 rings (SSSR count). The van der Waals surface area contributed by atoms with Crippen molar-refractivity contribution in [1.82, 2.24) is 0 Å². The maximum Gasteiger partial charge on any atom is 0.134 e. The molecule has 0 bridgehead atoms. The molecule has 2 aromatic carbocycles. The fourth-order valence-electron chi connectivity index (χ4n) is 2.33. The molecule has 0 amide bonds. The number of nitrogens with two attached hydrogens (primary N) is 1. The van der Waals surface area contributed by atoms with E-state index in [1.165, 1.54) is 17.7 Å². The zero-order chi connectivity index (χ0) is 13.9. The van der Waals surface area contributed by atoms with Gasteiger partial charge < -0.3 is 10.2 Å². The van der Waals surface area contributed by atoms with Crippen LogP contribution >= 0.6 is 0 Å². The Morgan fingerprint density at radius 2 is 1.85 bits per heavy atom. The minimum absolute atomic E-state index is 0.175. The zero-order valence-corrected chi connectivity index (χ0v) is 11.1. The highest BCUT2D eigenvalue weighted by Crippen LogP contribution is 2.25. The number of aryl methyl sites for hydroxylation is 1. The molecule has 2 nitrogen and oxygen atoms in total. The smallest absolute Gasteiger partial charge is 0.134 e. The normalized spacial score (nSPS) is 12.7. The van der Waals surface area contributed by atoms with Crippen LogP contribution in [0.4, 0.5) is 4.39 Å². The van der Waals surface area contributed by atoms with Gasteiger partial charge in [0, 0.05) is 5.39 Å². The summed E-state index contributed by atoms with van der Waals surface area (Å²) >= 11 is 0. The molecule has 0 spiro atoms. The predicted octanol–water partition coefficient (Wildman–Crippen LogP) is 4.20. The van der Waals surface area contributed by atoms with Crippen molar-refractivity contribution in [1.29, 1.82) is 0 Å². The van der Waals surface area contributed by atoms with Gasteiger partial charge in [-0.1, -0.05) is 30.3 Å². The molecule has 20 heavy (non-hydrogen) atoms. The van der Waals surface area contributed by atoms with Gasteiger partial charge in [0.25, 0.3) is 0 Å². The van der Waals surface area contributed by atoms with Crippen molar-refractivity contribution < 1.29 is 8.81 Å². The summed E-state index contributed by atoms with van der Waals surface area (Å²) in [6.07, 6.45) is 1.69. The van der Waals surface area contributed by atoms with E-state index in [-0.39, 0.29) is 11.9 Å². The molecule has 2 N–H and O–H groups in total. The summed E-state index contributed by atoms with van der Waals surface area (Å²) < 4.78 is 18.8. The molecule has 0 aliphatic rings. The number of benzene rings is 2. The molecule has 0 aliphatic carbocycles. The van der Waals surface area contributed by atoms with Crippen molar-refractivity contribution >= 4 is 11.0 Å². The van der Waals surface area contributed by atoms with Crippen LogP contribution in [0.2, 0.25) is 0 Å². The fraction of sp³-hybridized carbons (Fsp3) is 0.176. The first-order valence-corrected chi connectivity index (χ1v) is 6.71. The Bertz CT molecular complexity index is 705. The number of furan rings is 1. The second kappa shape index (κ2) is 5.47. The van der Waals surface area contributed by atoms with Gasteiger partial charge in [-0.05, 0) is 42.7 Å². The van der Waals surface area contributed by atoms with Gasteiger partial charge in [-0.25, -0.2) is 4.39 Å². The monoisotopic (exact) mass is 269 g/mol. The lowest BCUT2D eigenvalue weighted by Gasteiger charge is -2.08. The summed E-state index contributed by atoms with van der Waals surface area (Å²) in [5.41, 5.74) is 8.09. The van der Waals surface area contributed by atoms with Crippen LogP contribution in [-0.4, -0.2) is 0 Å². The summed E-state index contributed by atoms with van der Waals surface area (Å²) in [4.78, 5) is 0. The molecule has 1 aromatic heterocycles. The van der Waals surface area contributed by atoms with Gasteiger partial charge in [0.15, 0.2) is 0 Å². The van der Waals surface area contributed by atoms with E-state index in [1.54, 1.807) is 6.07 Å². The van der Waals surface area contributed by atoms with Crippen molar-refractivity contribution in [3.63, 3.8) is 0 Å². The lowest BCUT2D eigenvalue weighted by molar-refractivity contribution is 0.478. The molecule has 1 unspecified atom stereocenters. The van der Waals surface area contributed by atoms with Crippen LogP contribution in [0.1, 0.15) is 23.8 Å². The molecule has 0 radical (unpaired) electrons. The van der Waals surface area contributed by atoms with Crippen molar-refractivity contribution in [3.05, 3.63) is 71.7 Å². The highest BCUT2D eigenvalue weighted by molar-refractivity contribution is 5.78. The van der Waals surface area contributed by atoms with Gasteiger partial charge in [-0.3, -0.25) is 0 Å². The van der Waals surface area contributed by atoms with Crippen molar-refractivity contribution in [2.24, 2.45) is 5.73 Å². The first-order valence-electron chi connectivity index (χ1n) is 6.71. The van der Waals surface area contributed by atoms with E-state index in [9.17, 15) is 4.39 Å². The van der Waals surface area contributed by atoms with Crippen LogP contribution in [-0.2, 0) is 6.42 Å². The Labute approximate surface area is 117 Å². The van der Waals surface area contributed by atoms with Gasteiger partial charge >= 0.3 is 0 Å². The molecule has 1 atom stereocenters. The summed E-state index contributed by atoms with van der Waals surface area (Å²) in [5.74, 6) is 0.448. The number of hydrogen-bond donors (Lipinski definition) is 1. The lowest BCUT2D eigenvalue weighted by atomic mass is 10.0. The minimum Gasteiger partial charge on any atom is -0.459 e. The molecule has 0 saturated heterocycles. The molecule has 1 heterocycles. The van der Waals surface area contributed by atoms with Crippen LogP contribution in [0.25, 0.3) is 11.0 Å². The van der Waals surface area contributed by atoms with E-state index in [2.05, 4.69) is 12.1 Å². The molecule has 0 fully saturated rings. The molecule has 0 saturated carbocycles. The molecule has 0 aliphatic heterocycles. The largest absolute Gasteiger partial charge is 0.459 e. The quantitative estimate of drug-likeness (QED) is 0.770. The van der Waals surface area contributed by atoms with Gasteiger partial charge in [-0.15, -0.1) is 0 Å². The van der Waals surface area contributed by atoms with E-state index < -0.39 is 0 Å². The fourth-order valence-corrected chi connectivity index (χ4v) is 2.33. The zero-order valence-electron chi connectivity index (χ0n) is 11.1. The van der Waals surface area contributed by atoms with Crippen LogP contribution in [0, 0.1) is 5.82 Å². The highest BCUT2D eigenvalue weighted by Gasteiger charge is 2.12. The van der Waals surface area contributed by atoms with Crippen LogP contribution in [0.3, 0.4) is 0 Å². The van der Waals surface area contributed by atoms with Crippen molar-refractivity contribution in [2.45, 2.75) is 18.9 Å². The molecular weight excluding hydrogens is 253 g/mol. The van der Waals surface area contributed by atoms with E-state index in [1.807, 2.05) is 24.3 Å². The minimum atomic E-state index is -0.261. The number of hydrogen-bond acceptors (Lipinski definition) is 2. The predicted molar refractivity (Wildman–Crippen MR) is 77.9 cm³/mol. The third-order valence-corrected chi connectivity index (χ3v) is 3.45. The third-order valence-electron chi connectivity index (χ3n) is 3.45. The highest BCUT2D eigenvalue weighted by atomic mass is 19.1. The van der Waals surface area contributed by atoms with E-state index >= 15 is 0 Å². The summed E-state index contributed by atoms with van der Waals surface area (Å²) in [5, 5.41) is 0.759. The Kier molecular flexibility index (Phi) is 3.52. The Hall–Kier alpha value is -2.13. The molecular formula is C17H16FNO. The van der Waals surface area contributed by atoms with Gasteiger partial charge in [-0.2, -0.15) is 0 Å². The van der Waals surface area contributed by atoms with E-state index in [0.717, 1.165) is 18.2 Å². The average Bonchev–Trinajstić information content (AvgIpc) is 2.89. The van der Waals surface area contributed by atoms with Crippen LogP contribution in [0.5, 0.6) is 0 Å². The second-order valence-electron chi connectivity index (χ2n) is 4.96. The maximum absolute atomic E-state index is 13.1. The van der Waals surface area contributed by atoms with Gasteiger partial charge in [0.2, 0.25) is 0 Å². The topological polar surface area (TPSA) is 39.2 Å². The Balaban J connectivity index is 1.73. The van der Waals surface area contributed by atoms with Crippen LogP contribution in [0.15, 0.2) is 59.0 Å². The van der Waals surface area contributed by atoms with Crippen molar-refractivity contribution in [3.8, 4) is 0 Å². The first-order chi connectivity index (χ1) is 9.72. The van der Waals surface area contributed by atoms with Crippen molar-refractivity contribution in [2.75, 3.05) is 0 Å². The molecule has 3 aromatic rings. The van der Waals surface area contributed by atoms with Gasteiger partial charge in [0.05, 0.1) is 6.04 Å². The number of rotatable bonds is 4. The standard InChI is InChI=1S/C17H16FNO/c18-14-7-9-16-13(10-14)11-17(20-16)15(19)8-6-12-4-2-1-3-5-12/h1-5,7,9-11,15H,6,8,19H2. The first kappa shape index (κ1) is 12.9. The lowest BCUT2D eigenvalue weighted by Crippen LogP contribution is -2.10. The van der Waals surface area contributed by atoms with E-state index in [0.29, 0.717) is 11.3 Å². The van der Waals surface area contributed by atoms with Gasteiger partial charge in [0.1, 0.15) is 17.2 Å². The Morgan fingerprint density at radius 1 is 1.05 bits per heavy atom. The third kappa shape index (κ3) is 2.73. The Morgan fingerprint density at radius 3 is 2.65 bits per heavy atom. The average molecular weight is 269 g/mol. The summed E-state index contributed by atoms with van der Waals surface area (Å²) in [7, 11) is 0. The maximum atomic E-state index is 13.1. The SMILES string of the molecule is NC(CCc1ccccc1)c1cc2cc(F)ccc2o1. The molecule has 3 heteroatoms. The number of halogens is 1. The molecule has 102 valence electrons. The second-order valence-corrected chi connectivity index (χ2v) is 4.96. The van der Waals surface area contributed by atoms with Crippen LogP contribution < -0.4 is 5.73 Å². The summed E-state index contributed by atoms with van der Waals surface area (Å²) in [6, 6.07) is 16.4.